The second-order valence-corrected chi connectivity index (χ2v) is 6.05. The lowest BCUT2D eigenvalue weighted by Crippen LogP contribution is -2.15. The molecule has 25 heavy (non-hydrogen) atoms. The van der Waals surface area contributed by atoms with Crippen molar-refractivity contribution in [2.24, 2.45) is 0 Å². The zero-order valence-corrected chi connectivity index (χ0v) is 13.9. The van der Waals surface area contributed by atoms with E-state index in [1.807, 2.05) is 44.2 Å². The summed E-state index contributed by atoms with van der Waals surface area (Å²) in [5.41, 5.74) is 1.13. The Labute approximate surface area is 143 Å². The van der Waals surface area contributed by atoms with E-state index in [2.05, 4.69) is 20.1 Å². The zero-order chi connectivity index (χ0) is 17.4. The highest BCUT2D eigenvalue weighted by Gasteiger charge is 2.12. The van der Waals surface area contributed by atoms with Crippen molar-refractivity contribution in [3.8, 4) is 5.75 Å². The number of benzene rings is 1. The first-order chi connectivity index (χ1) is 12.1. The van der Waals surface area contributed by atoms with E-state index < -0.39 is 0 Å². The molecule has 0 bridgehead atoms. The normalized spacial score (nSPS) is 11.5. The molecule has 0 radical (unpaired) electrons. The summed E-state index contributed by atoms with van der Waals surface area (Å²) in [6.45, 7) is 4.13. The molecule has 0 aliphatic heterocycles. The Kier molecular flexibility index (Phi) is 3.68. The predicted molar refractivity (Wildman–Crippen MR) is 94.6 cm³/mol. The third-order valence-corrected chi connectivity index (χ3v) is 3.96. The number of nitrogens with one attached hydrogen (secondary N) is 1. The van der Waals surface area contributed by atoms with Gasteiger partial charge in [0.15, 0.2) is 5.65 Å². The summed E-state index contributed by atoms with van der Waals surface area (Å²) in [5.74, 6) is 1.10. The van der Waals surface area contributed by atoms with E-state index in [9.17, 15) is 4.79 Å². The van der Waals surface area contributed by atoms with Crippen LogP contribution in [0.25, 0.3) is 21.9 Å². The van der Waals surface area contributed by atoms with Gasteiger partial charge in [-0.15, -0.1) is 0 Å². The lowest BCUT2D eigenvalue weighted by molar-refractivity contribution is 0.299. The van der Waals surface area contributed by atoms with Gasteiger partial charge in [0, 0.05) is 17.6 Å². The average Bonchev–Trinajstić information content (AvgIpc) is 3.04. The second kappa shape index (κ2) is 6.01. The van der Waals surface area contributed by atoms with Gasteiger partial charge >= 0.3 is 0 Å². The highest BCUT2D eigenvalue weighted by Crippen LogP contribution is 2.23. The first-order valence-corrected chi connectivity index (χ1v) is 8.06. The van der Waals surface area contributed by atoms with Gasteiger partial charge in [0.05, 0.1) is 6.20 Å². The molecule has 0 aliphatic carbocycles. The van der Waals surface area contributed by atoms with Gasteiger partial charge in [-0.1, -0.05) is 18.2 Å². The Balaban J connectivity index is 1.69. The maximum atomic E-state index is 12.2. The van der Waals surface area contributed by atoms with E-state index in [1.165, 1.54) is 0 Å². The summed E-state index contributed by atoms with van der Waals surface area (Å²) in [5, 5.41) is 5.71. The molecule has 4 aromatic rings. The molecule has 0 aliphatic rings. The molecule has 0 spiro atoms. The molecule has 0 amide bonds. The van der Waals surface area contributed by atoms with Gasteiger partial charge in [-0.2, -0.15) is 5.10 Å². The number of nitrogens with zero attached hydrogens (tertiary/aromatic N) is 4. The molecule has 4 rings (SSSR count). The number of hydrogen-bond acceptors (Lipinski definition) is 5. The fraction of sp³-hybridized carbons (Fsp3) is 0.222. The average molecular weight is 335 g/mol. The first-order valence-electron chi connectivity index (χ1n) is 8.06. The summed E-state index contributed by atoms with van der Waals surface area (Å²) in [4.78, 5) is 23.9. The minimum absolute atomic E-state index is 0.114. The van der Waals surface area contributed by atoms with Crippen LogP contribution in [-0.4, -0.2) is 24.7 Å². The van der Waals surface area contributed by atoms with Crippen LogP contribution in [0.3, 0.4) is 0 Å². The largest absolute Gasteiger partial charge is 0.483 e. The Bertz CT molecular complexity index is 1110. The van der Waals surface area contributed by atoms with Crippen LogP contribution in [0, 0.1) is 0 Å². The smallest absolute Gasteiger partial charge is 0.262 e. The van der Waals surface area contributed by atoms with Crippen molar-refractivity contribution in [3.05, 3.63) is 58.9 Å². The molecular formula is C18H17N5O2. The highest BCUT2D eigenvalue weighted by molar-refractivity contribution is 5.84. The second-order valence-electron chi connectivity index (χ2n) is 6.05. The summed E-state index contributed by atoms with van der Waals surface area (Å²) in [7, 11) is 0. The Hall–Kier alpha value is -3.22. The number of rotatable bonds is 4. The first kappa shape index (κ1) is 15.3. The molecule has 1 N–H and O–H groups in total. The number of para-hydroxylation sites is 1. The standard InChI is InChI=1S/C18H17N5O2/c1-11(2)23-17-13(9-20-23)18(24)22-15(21-17)10-25-14-7-3-5-12-6-4-8-19-16(12)14/h3-9,11H,10H2,1-2H3,(H,21,22,24). The number of fused-ring (bicyclic) bond motifs is 2. The third kappa shape index (κ3) is 2.73. The molecule has 0 saturated carbocycles. The van der Waals surface area contributed by atoms with Gasteiger partial charge in [-0.3, -0.25) is 9.78 Å². The van der Waals surface area contributed by atoms with Crippen molar-refractivity contribution in [1.82, 2.24) is 24.7 Å². The van der Waals surface area contributed by atoms with Crippen LogP contribution >= 0.6 is 0 Å². The van der Waals surface area contributed by atoms with Crippen LogP contribution in [0.4, 0.5) is 0 Å². The van der Waals surface area contributed by atoms with Gasteiger partial charge < -0.3 is 9.72 Å². The Morgan fingerprint density at radius 2 is 2.08 bits per heavy atom. The van der Waals surface area contributed by atoms with Crippen LogP contribution < -0.4 is 10.3 Å². The molecule has 0 atom stereocenters. The molecule has 0 unspecified atom stereocenters. The van der Waals surface area contributed by atoms with Gasteiger partial charge in [0.2, 0.25) is 0 Å². The van der Waals surface area contributed by atoms with Crippen LogP contribution in [0.5, 0.6) is 5.75 Å². The van der Waals surface area contributed by atoms with Crippen molar-refractivity contribution in [3.63, 3.8) is 0 Å². The number of H-pyrrole nitrogens is 1. The van der Waals surface area contributed by atoms with Crippen LogP contribution in [0.1, 0.15) is 25.7 Å². The van der Waals surface area contributed by atoms with E-state index in [-0.39, 0.29) is 18.2 Å². The molecule has 7 nitrogen and oxygen atoms in total. The maximum absolute atomic E-state index is 12.2. The third-order valence-electron chi connectivity index (χ3n) is 3.96. The highest BCUT2D eigenvalue weighted by atomic mass is 16.5. The van der Waals surface area contributed by atoms with E-state index in [4.69, 9.17) is 4.74 Å². The number of aromatic nitrogens is 5. The number of aromatic amines is 1. The van der Waals surface area contributed by atoms with Crippen LogP contribution in [-0.2, 0) is 6.61 Å². The number of ether oxygens (including phenoxy) is 1. The van der Waals surface area contributed by atoms with Gasteiger partial charge in [0.1, 0.15) is 29.1 Å². The number of hydrogen-bond donors (Lipinski definition) is 1. The summed E-state index contributed by atoms with van der Waals surface area (Å²) in [6, 6.07) is 9.71. The van der Waals surface area contributed by atoms with E-state index >= 15 is 0 Å². The van der Waals surface area contributed by atoms with Crippen molar-refractivity contribution in [2.45, 2.75) is 26.5 Å². The van der Waals surface area contributed by atoms with Crippen molar-refractivity contribution in [1.29, 1.82) is 0 Å². The minimum atomic E-state index is -0.216. The molecule has 126 valence electrons. The molecule has 3 heterocycles. The van der Waals surface area contributed by atoms with Gasteiger partial charge in [-0.25, -0.2) is 9.67 Å². The van der Waals surface area contributed by atoms with E-state index in [0.29, 0.717) is 22.6 Å². The van der Waals surface area contributed by atoms with Crippen LogP contribution in [0.15, 0.2) is 47.5 Å². The van der Waals surface area contributed by atoms with Crippen molar-refractivity contribution >= 4 is 21.9 Å². The SMILES string of the molecule is CC(C)n1ncc2c(=O)[nH]c(COc3cccc4cccnc34)nc21. The molecule has 1 aromatic carbocycles. The Morgan fingerprint density at radius 1 is 1.24 bits per heavy atom. The fourth-order valence-electron chi connectivity index (χ4n) is 2.77. The topological polar surface area (TPSA) is 85.7 Å². The molecule has 7 heteroatoms. The molecule has 3 aromatic heterocycles. The van der Waals surface area contributed by atoms with Gasteiger partial charge in [0.25, 0.3) is 5.56 Å². The lowest BCUT2D eigenvalue weighted by atomic mass is 10.2. The maximum Gasteiger partial charge on any atom is 0.262 e. The number of pyridine rings is 1. The lowest BCUT2D eigenvalue weighted by Gasteiger charge is -2.09. The van der Waals surface area contributed by atoms with Crippen LogP contribution in [0.2, 0.25) is 0 Å². The van der Waals surface area contributed by atoms with Gasteiger partial charge in [-0.05, 0) is 26.0 Å². The minimum Gasteiger partial charge on any atom is -0.483 e. The van der Waals surface area contributed by atoms with Crippen molar-refractivity contribution < 1.29 is 4.74 Å². The quantitative estimate of drug-likeness (QED) is 0.620. The monoisotopic (exact) mass is 335 g/mol. The summed E-state index contributed by atoms with van der Waals surface area (Å²) in [6.07, 6.45) is 3.27. The molecular weight excluding hydrogens is 318 g/mol. The Morgan fingerprint density at radius 3 is 2.92 bits per heavy atom. The summed E-state index contributed by atoms with van der Waals surface area (Å²) >= 11 is 0. The predicted octanol–water partition coefficient (Wildman–Crippen LogP) is 2.83. The van der Waals surface area contributed by atoms with Crippen molar-refractivity contribution in [2.75, 3.05) is 0 Å². The fourth-order valence-corrected chi connectivity index (χ4v) is 2.77. The molecule has 0 saturated heterocycles. The summed E-state index contributed by atoms with van der Waals surface area (Å²) < 4.78 is 7.59. The van der Waals surface area contributed by atoms with E-state index in [0.717, 1.165) is 10.9 Å². The van der Waals surface area contributed by atoms with E-state index in [1.54, 1.807) is 17.1 Å². The zero-order valence-electron chi connectivity index (χ0n) is 13.9. The molecule has 0 fully saturated rings.